The maximum Gasteiger partial charge on any atom is 0.238 e. The number of hydrogen-bond acceptors (Lipinski definition) is 4. The van der Waals surface area contributed by atoms with Crippen molar-refractivity contribution in [1.29, 1.82) is 0 Å². The molecule has 0 aromatic heterocycles. The zero-order valence-corrected chi connectivity index (χ0v) is 12.0. The van der Waals surface area contributed by atoms with Crippen molar-refractivity contribution in [3.63, 3.8) is 0 Å². The highest BCUT2D eigenvalue weighted by Gasteiger charge is 2.50. The Kier molecular flexibility index (Phi) is 4.20. The molecule has 1 aromatic rings. The third-order valence-corrected chi connectivity index (χ3v) is 3.97. The van der Waals surface area contributed by atoms with E-state index in [2.05, 4.69) is 0 Å². The number of aldehydes is 1. The standard InChI is InChI=1S/C15H19NO4/c1-16-12-7-5-4-6-11(12)15(8-9-17,14(16)18)10-13(19-2)20-3/h4-7,9,13H,8,10H2,1-3H3/t15-/m0/s1. The molecule has 0 fully saturated rings. The molecule has 5 nitrogen and oxygen atoms in total. The van der Waals surface area contributed by atoms with E-state index < -0.39 is 11.7 Å². The second-order valence-corrected chi connectivity index (χ2v) is 4.94. The minimum atomic E-state index is -0.899. The van der Waals surface area contributed by atoms with Crippen LogP contribution in [0.5, 0.6) is 0 Å². The topological polar surface area (TPSA) is 55.8 Å². The Morgan fingerprint density at radius 3 is 2.55 bits per heavy atom. The zero-order chi connectivity index (χ0) is 14.8. The zero-order valence-electron chi connectivity index (χ0n) is 12.0. The fraction of sp³-hybridized carbons (Fsp3) is 0.467. The summed E-state index contributed by atoms with van der Waals surface area (Å²) in [6.07, 6.45) is 0.699. The van der Waals surface area contributed by atoms with Crippen LogP contribution < -0.4 is 4.90 Å². The molecule has 2 rings (SSSR count). The highest BCUT2D eigenvalue weighted by molar-refractivity contribution is 6.08. The number of carbonyl (C=O) groups is 2. The van der Waals surface area contributed by atoms with Crippen LogP contribution in [0.25, 0.3) is 0 Å². The number of amides is 1. The van der Waals surface area contributed by atoms with Crippen LogP contribution >= 0.6 is 0 Å². The predicted molar refractivity (Wildman–Crippen MR) is 74.6 cm³/mol. The molecule has 108 valence electrons. The largest absolute Gasteiger partial charge is 0.356 e. The highest BCUT2D eigenvalue weighted by atomic mass is 16.7. The molecule has 1 aromatic carbocycles. The van der Waals surface area contributed by atoms with Crippen LogP contribution in [0.1, 0.15) is 18.4 Å². The van der Waals surface area contributed by atoms with E-state index >= 15 is 0 Å². The third-order valence-electron chi connectivity index (χ3n) is 3.97. The van der Waals surface area contributed by atoms with Crippen molar-refractivity contribution >= 4 is 17.9 Å². The number of hydrogen-bond donors (Lipinski definition) is 0. The molecule has 0 aliphatic carbocycles. The molecular formula is C15H19NO4. The predicted octanol–water partition coefficient (Wildman–Crippen LogP) is 1.50. The summed E-state index contributed by atoms with van der Waals surface area (Å²) in [6.45, 7) is 0. The van der Waals surface area contributed by atoms with Gasteiger partial charge in [0.2, 0.25) is 5.91 Å². The molecule has 1 amide bonds. The number of nitrogens with zero attached hydrogens (tertiary/aromatic N) is 1. The Bertz CT molecular complexity index is 512. The second-order valence-electron chi connectivity index (χ2n) is 4.94. The van der Waals surface area contributed by atoms with Gasteiger partial charge < -0.3 is 19.2 Å². The molecule has 0 N–H and O–H groups in total. The van der Waals surface area contributed by atoms with Crippen LogP contribution in [0.3, 0.4) is 0 Å². The van der Waals surface area contributed by atoms with Crippen molar-refractivity contribution in [2.45, 2.75) is 24.5 Å². The van der Waals surface area contributed by atoms with Gasteiger partial charge >= 0.3 is 0 Å². The van der Waals surface area contributed by atoms with Crippen LogP contribution in [-0.2, 0) is 24.5 Å². The number of anilines is 1. The summed E-state index contributed by atoms with van der Waals surface area (Å²) in [4.78, 5) is 25.4. The number of fused-ring (bicyclic) bond motifs is 1. The molecule has 5 heteroatoms. The Morgan fingerprint density at radius 2 is 1.95 bits per heavy atom. The lowest BCUT2D eigenvalue weighted by molar-refractivity contribution is -0.139. The van der Waals surface area contributed by atoms with Crippen LogP contribution in [-0.4, -0.2) is 39.8 Å². The normalized spacial score (nSPS) is 21.4. The maximum absolute atomic E-state index is 12.7. The molecular weight excluding hydrogens is 258 g/mol. The maximum atomic E-state index is 12.7. The van der Waals surface area contributed by atoms with E-state index in [9.17, 15) is 9.59 Å². The Morgan fingerprint density at radius 1 is 1.30 bits per heavy atom. The van der Waals surface area contributed by atoms with Crippen LogP contribution in [0.4, 0.5) is 5.69 Å². The summed E-state index contributed by atoms with van der Waals surface area (Å²) in [6, 6.07) is 7.53. The summed E-state index contributed by atoms with van der Waals surface area (Å²) >= 11 is 0. The van der Waals surface area contributed by atoms with Crippen LogP contribution in [0, 0.1) is 0 Å². The molecule has 1 heterocycles. The molecule has 0 radical (unpaired) electrons. The van der Waals surface area contributed by atoms with Crippen molar-refractivity contribution in [2.24, 2.45) is 0 Å². The van der Waals surface area contributed by atoms with Gasteiger partial charge in [0, 0.05) is 39.8 Å². The minimum absolute atomic E-state index is 0.0927. The first-order valence-electron chi connectivity index (χ1n) is 6.47. The second kappa shape index (κ2) is 5.73. The number of benzene rings is 1. The number of rotatable bonds is 6. The number of likely N-dealkylation sites (N-methyl/N-ethyl adjacent to an activating group) is 1. The monoisotopic (exact) mass is 277 g/mol. The third kappa shape index (κ3) is 2.13. The lowest BCUT2D eigenvalue weighted by atomic mass is 9.76. The quantitative estimate of drug-likeness (QED) is 0.584. The summed E-state index contributed by atoms with van der Waals surface area (Å²) in [5.41, 5.74) is 0.799. The average Bonchev–Trinajstić information content (AvgIpc) is 2.68. The van der Waals surface area contributed by atoms with Crippen molar-refractivity contribution in [2.75, 3.05) is 26.2 Å². The molecule has 1 aliphatic heterocycles. The molecule has 0 bridgehead atoms. The van der Waals surface area contributed by atoms with Crippen molar-refractivity contribution in [1.82, 2.24) is 0 Å². The van der Waals surface area contributed by atoms with Crippen molar-refractivity contribution in [3.8, 4) is 0 Å². The fourth-order valence-corrected chi connectivity index (χ4v) is 2.88. The van der Waals surface area contributed by atoms with Crippen LogP contribution in [0.2, 0.25) is 0 Å². The molecule has 0 unspecified atom stereocenters. The van der Waals surface area contributed by atoms with Gasteiger partial charge in [-0.3, -0.25) is 4.79 Å². The van der Waals surface area contributed by atoms with Gasteiger partial charge in [0.25, 0.3) is 0 Å². The van der Waals surface area contributed by atoms with E-state index in [1.54, 1.807) is 11.9 Å². The van der Waals surface area contributed by atoms with Crippen molar-refractivity contribution in [3.05, 3.63) is 29.8 Å². The first-order valence-corrected chi connectivity index (χ1v) is 6.47. The van der Waals surface area contributed by atoms with E-state index in [0.29, 0.717) is 6.42 Å². The first-order chi connectivity index (χ1) is 9.60. The number of methoxy groups -OCH3 is 2. The van der Waals surface area contributed by atoms with Gasteiger partial charge in [-0.1, -0.05) is 18.2 Å². The Labute approximate surface area is 118 Å². The Hall–Kier alpha value is -1.72. The highest BCUT2D eigenvalue weighted by Crippen LogP contribution is 2.46. The van der Waals surface area contributed by atoms with Crippen molar-refractivity contribution < 1.29 is 19.1 Å². The van der Waals surface area contributed by atoms with Gasteiger partial charge in [-0.05, 0) is 11.6 Å². The van der Waals surface area contributed by atoms with Gasteiger partial charge in [0.1, 0.15) is 6.29 Å². The van der Waals surface area contributed by atoms with E-state index in [-0.39, 0.29) is 12.3 Å². The van der Waals surface area contributed by atoms with E-state index in [4.69, 9.17) is 9.47 Å². The molecule has 20 heavy (non-hydrogen) atoms. The minimum Gasteiger partial charge on any atom is -0.356 e. The number of para-hydroxylation sites is 1. The smallest absolute Gasteiger partial charge is 0.238 e. The molecule has 1 atom stereocenters. The first kappa shape index (κ1) is 14.7. The van der Waals surface area contributed by atoms with Gasteiger partial charge in [-0.2, -0.15) is 0 Å². The van der Waals surface area contributed by atoms with Gasteiger partial charge in [-0.15, -0.1) is 0 Å². The lowest BCUT2D eigenvalue weighted by Crippen LogP contribution is -2.42. The average molecular weight is 277 g/mol. The number of ether oxygens (including phenoxy) is 2. The molecule has 0 saturated heterocycles. The molecule has 1 aliphatic rings. The summed E-state index contributed by atoms with van der Waals surface area (Å²) in [5, 5.41) is 0. The SMILES string of the molecule is COC(C[C@]1(CC=O)C(=O)N(C)c2ccccc21)OC. The fourth-order valence-electron chi connectivity index (χ4n) is 2.88. The van der Waals surface area contributed by atoms with E-state index in [1.165, 1.54) is 14.2 Å². The van der Waals surface area contributed by atoms with Gasteiger partial charge in [-0.25, -0.2) is 0 Å². The van der Waals surface area contributed by atoms with E-state index in [1.807, 2.05) is 24.3 Å². The molecule has 0 spiro atoms. The summed E-state index contributed by atoms with van der Waals surface area (Å²) < 4.78 is 10.4. The summed E-state index contributed by atoms with van der Waals surface area (Å²) in [7, 11) is 4.78. The van der Waals surface area contributed by atoms with Gasteiger partial charge in [0.15, 0.2) is 6.29 Å². The van der Waals surface area contributed by atoms with Crippen LogP contribution in [0.15, 0.2) is 24.3 Å². The van der Waals surface area contributed by atoms with Gasteiger partial charge in [0.05, 0.1) is 5.41 Å². The molecule has 0 saturated carbocycles. The Balaban J connectivity index is 2.51. The lowest BCUT2D eigenvalue weighted by Gasteiger charge is -2.29. The van der Waals surface area contributed by atoms with E-state index in [0.717, 1.165) is 17.5 Å². The number of carbonyl (C=O) groups excluding carboxylic acids is 2. The summed E-state index contributed by atoms with van der Waals surface area (Å²) in [5.74, 6) is -0.0927.